The molecule has 1 rings (SSSR count). The third-order valence-corrected chi connectivity index (χ3v) is 3.63. The van der Waals surface area contributed by atoms with Crippen LogP contribution in [0.3, 0.4) is 0 Å². The lowest BCUT2D eigenvalue weighted by Crippen LogP contribution is -2.13. The van der Waals surface area contributed by atoms with Crippen LogP contribution in [-0.2, 0) is 23.8 Å². The Morgan fingerprint density at radius 1 is 1.15 bits per heavy atom. The Kier molecular flexibility index (Phi) is 9.22. The number of phenols is 1. The lowest BCUT2D eigenvalue weighted by atomic mass is 10.2. The molecule has 0 atom stereocenters. The lowest BCUT2D eigenvalue weighted by Gasteiger charge is -2.07. The van der Waals surface area contributed by atoms with Crippen LogP contribution in [0.15, 0.2) is 30.4 Å². The summed E-state index contributed by atoms with van der Waals surface area (Å²) < 4.78 is 14.4. The van der Waals surface area contributed by atoms with Crippen molar-refractivity contribution in [2.24, 2.45) is 0 Å². The Balaban J connectivity index is 2.14. The first kappa shape index (κ1) is 21.5. The van der Waals surface area contributed by atoms with E-state index in [9.17, 15) is 19.5 Å². The van der Waals surface area contributed by atoms with Crippen LogP contribution in [0.25, 0.3) is 0 Å². The van der Waals surface area contributed by atoms with E-state index in [1.165, 1.54) is 25.3 Å². The van der Waals surface area contributed by atoms with Gasteiger partial charge in [0.25, 0.3) is 0 Å². The SMILES string of the molecule is C=C(COC(=O)CCCCCOC(=O)c1ccc(O)c(Cl)c1)C(=O)OC. The molecule has 0 aliphatic carbocycles. The van der Waals surface area contributed by atoms with Crippen LogP contribution in [0.1, 0.15) is 36.0 Å². The first-order valence-corrected chi connectivity index (χ1v) is 8.30. The molecule has 0 aromatic heterocycles. The molecule has 0 unspecified atom stereocenters. The zero-order chi connectivity index (χ0) is 19.5. The van der Waals surface area contributed by atoms with Crippen LogP contribution >= 0.6 is 11.6 Å². The van der Waals surface area contributed by atoms with Crippen LogP contribution in [0.2, 0.25) is 5.02 Å². The van der Waals surface area contributed by atoms with Crippen molar-refractivity contribution in [3.05, 3.63) is 40.9 Å². The molecular formula is C18H21ClO7. The molecule has 0 fully saturated rings. The van der Waals surface area contributed by atoms with Gasteiger partial charge in [-0.1, -0.05) is 18.2 Å². The maximum Gasteiger partial charge on any atom is 0.338 e. The number of carbonyl (C=O) groups excluding carboxylic acids is 3. The van der Waals surface area contributed by atoms with Gasteiger partial charge in [0, 0.05) is 6.42 Å². The average molecular weight is 385 g/mol. The molecule has 0 amide bonds. The van der Waals surface area contributed by atoms with Crippen LogP contribution in [0, 0.1) is 0 Å². The zero-order valence-electron chi connectivity index (χ0n) is 14.5. The summed E-state index contributed by atoms with van der Waals surface area (Å²) in [6.07, 6.45) is 2.00. The van der Waals surface area contributed by atoms with Gasteiger partial charge in [-0.3, -0.25) is 4.79 Å². The molecule has 0 heterocycles. The molecule has 8 heteroatoms. The number of unbranched alkanes of at least 4 members (excludes halogenated alkanes) is 2. The molecule has 0 radical (unpaired) electrons. The standard InChI is InChI=1S/C18H21ClO7/c1-12(17(22)24-2)11-26-16(21)6-4-3-5-9-25-18(23)13-7-8-15(20)14(19)10-13/h7-8,10,20H,1,3-6,9,11H2,2H3. The van der Waals surface area contributed by atoms with Crippen LogP contribution in [-0.4, -0.2) is 43.3 Å². The quantitative estimate of drug-likeness (QED) is 0.286. The highest BCUT2D eigenvalue weighted by Gasteiger charge is 2.11. The second-order valence-electron chi connectivity index (χ2n) is 5.37. The molecule has 0 aliphatic rings. The summed E-state index contributed by atoms with van der Waals surface area (Å²) in [6, 6.07) is 4.07. The third-order valence-electron chi connectivity index (χ3n) is 3.32. The monoisotopic (exact) mass is 384 g/mol. The van der Waals surface area contributed by atoms with Crippen molar-refractivity contribution in [3.63, 3.8) is 0 Å². The van der Waals surface area contributed by atoms with Gasteiger partial charge >= 0.3 is 17.9 Å². The molecule has 26 heavy (non-hydrogen) atoms. The van der Waals surface area contributed by atoms with Gasteiger partial charge < -0.3 is 19.3 Å². The minimum Gasteiger partial charge on any atom is -0.506 e. The van der Waals surface area contributed by atoms with Gasteiger partial charge in [-0.05, 0) is 37.5 Å². The first-order valence-electron chi connectivity index (χ1n) is 7.92. The summed E-state index contributed by atoms with van der Waals surface area (Å²) in [7, 11) is 1.22. The number of aromatic hydroxyl groups is 1. The van der Waals surface area contributed by atoms with Crippen LogP contribution < -0.4 is 0 Å². The highest BCUT2D eigenvalue weighted by Crippen LogP contribution is 2.23. The molecule has 1 N–H and O–H groups in total. The average Bonchev–Trinajstić information content (AvgIpc) is 2.63. The van der Waals surface area contributed by atoms with E-state index in [-0.39, 0.29) is 41.5 Å². The summed E-state index contributed by atoms with van der Waals surface area (Å²) >= 11 is 5.73. The van der Waals surface area contributed by atoms with E-state index in [2.05, 4.69) is 11.3 Å². The molecule has 142 valence electrons. The molecule has 1 aromatic carbocycles. The number of methoxy groups -OCH3 is 1. The Morgan fingerprint density at radius 2 is 1.88 bits per heavy atom. The normalized spacial score (nSPS) is 10.1. The van der Waals surface area contributed by atoms with Gasteiger partial charge in [0.05, 0.1) is 29.9 Å². The van der Waals surface area contributed by atoms with E-state index in [0.717, 1.165) is 0 Å². The predicted octanol–water partition coefficient (Wildman–Crippen LogP) is 3.04. The van der Waals surface area contributed by atoms with Gasteiger partial charge in [0.15, 0.2) is 0 Å². The second-order valence-corrected chi connectivity index (χ2v) is 5.78. The lowest BCUT2D eigenvalue weighted by molar-refractivity contribution is -0.144. The second kappa shape index (κ2) is 11.1. The van der Waals surface area contributed by atoms with Crippen LogP contribution in [0.5, 0.6) is 5.75 Å². The number of hydrogen-bond acceptors (Lipinski definition) is 7. The molecular weight excluding hydrogens is 364 g/mol. The van der Waals surface area contributed by atoms with Crippen molar-refractivity contribution in [1.29, 1.82) is 0 Å². The van der Waals surface area contributed by atoms with E-state index in [4.69, 9.17) is 21.1 Å². The smallest absolute Gasteiger partial charge is 0.338 e. The largest absolute Gasteiger partial charge is 0.506 e. The van der Waals surface area contributed by atoms with Crippen molar-refractivity contribution in [2.75, 3.05) is 20.3 Å². The topological polar surface area (TPSA) is 99.1 Å². The minimum absolute atomic E-state index is 0.0714. The number of hydrogen-bond donors (Lipinski definition) is 1. The van der Waals surface area contributed by atoms with Crippen molar-refractivity contribution in [2.45, 2.75) is 25.7 Å². The predicted molar refractivity (Wildman–Crippen MR) is 94.0 cm³/mol. The summed E-state index contributed by atoms with van der Waals surface area (Å²) in [5.41, 5.74) is 0.323. The van der Waals surface area contributed by atoms with E-state index >= 15 is 0 Å². The number of esters is 3. The molecule has 0 aliphatic heterocycles. The van der Waals surface area contributed by atoms with Gasteiger partial charge in [0.1, 0.15) is 12.4 Å². The number of rotatable bonds is 10. The Bertz CT molecular complexity index is 670. The van der Waals surface area contributed by atoms with Crippen molar-refractivity contribution in [3.8, 4) is 5.75 Å². The van der Waals surface area contributed by atoms with E-state index < -0.39 is 17.9 Å². The zero-order valence-corrected chi connectivity index (χ0v) is 15.2. The van der Waals surface area contributed by atoms with Gasteiger partial charge in [0.2, 0.25) is 0 Å². The molecule has 0 bridgehead atoms. The number of ether oxygens (including phenoxy) is 3. The van der Waals surface area contributed by atoms with E-state index in [0.29, 0.717) is 19.3 Å². The number of phenolic OH excluding ortho intramolecular Hbond substituents is 1. The summed E-state index contributed by atoms with van der Waals surface area (Å²) in [5, 5.41) is 9.38. The van der Waals surface area contributed by atoms with Crippen LogP contribution in [0.4, 0.5) is 0 Å². The van der Waals surface area contributed by atoms with Gasteiger partial charge in [-0.25, -0.2) is 9.59 Å². The molecule has 0 spiro atoms. The first-order chi connectivity index (χ1) is 12.3. The Labute approximate surface area is 156 Å². The van der Waals surface area contributed by atoms with Crippen molar-refractivity contribution in [1.82, 2.24) is 0 Å². The molecule has 1 aromatic rings. The molecule has 7 nitrogen and oxygen atoms in total. The molecule has 0 saturated carbocycles. The van der Waals surface area contributed by atoms with Gasteiger partial charge in [-0.2, -0.15) is 0 Å². The number of benzene rings is 1. The summed E-state index contributed by atoms with van der Waals surface area (Å²) in [6.45, 7) is 3.45. The number of halogens is 1. The number of carbonyl (C=O) groups is 3. The van der Waals surface area contributed by atoms with Crippen molar-refractivity contribution < 1.29 is 33.7 Å². The fourth-order valence-corrected chi connectivity index (χ4v) is 2.05. The third kappa shape index (κ3) is 7.57. The fraction of sp³-hybridized carbons (Fsp3) is 0.389. The van der Waals surface area contributed by atoms with Crippen molar-refractivity contribution >= 4 is 29.5 Å². The summed E-state index contributed by atoms with van der Waals surface area (Å²) in [5.74, 6) is -1.70. The fourth-order valence-electron chi connectivity index (χ4n) is 1.87. The highest BCUT2D eigenvalue weighted by molar-refractivity contribution is 6.32. The maximum absolute atomic E-state index is 11.8. The Hall–Kier alpha value is -2.54. The summed E-state index contributed by atoms with van der Waals surface area (Å²) in [4.78, 5) is 34.4. The highest BCUT2D eigenvalue weighted by atomic mass is 35.5. The maximum atomic E-state index is 11.8. The molecule has 0 saturated heterocycles. The Morgan fingerprint density at radius 3 is 2.54 bits per heavy atom. The van der Waals surface area contributed by atoms with E-state index in [1.54, 1.807) is 0 Å². The van der Waals surface area contributed by atoms with Gasteiger partial charge in [-0.15, -0.1) is 0 Å². The van der Waals surface area contributed by atoms with E-state index in [1.807, 2.05) is 0 Å². The minimum atomic E-state index is -0.616.